The van der Waals surface area contributed by atoms with Crippen molar-refractivity contribution in [2.75, 3.05) is 13.1 Å². The second kappa shape index (κ2) is 7.47. The number of fused-ring (bicyclic) bond motifs is 4. The van der Waals surface area contributed by atoms with E-state index in [4.69, 9.17) is 11.6 Å². The Labute approximate surface area is 180 Å². The molecule has 0 radical (unpaired) electrons. The molecule has 2 aliphatic rings. The highest BCUT2D eigenvalue weighted by atomic mass is 35.5. The van der Waals surface area contributed by atoms with Crippen LogP contribution in [0.2, 0.25) is 5.02 Å². The van der Waals surface area contributed by atoms with Gasteiger partial charge in [0.1, 0.15) is 6.04 Å². The van der Waals surface area contributed by atoms with Crippen molar-refractivity contribution in [3.8, 4) is 0 Å². The number of hydrogen-bond acceptors (Lipinski definition) is 2. The van der Waals surface area contributed by atoms with E-state index in [9.17, 15) is 9.59 Å². The van der Waals surface area contributed by atoms with Crippen molar-refractivity contribution in [2.45, 2.75) is 38.3 Å². The van der Waals surface area contributed by atoms with Gasteiger partial charge in [0.25, 0.3) is 0 Å². The van der Waals surface area contributed by atoms with Crippen LogP contribution in [0.3, 0.4) is 0 Å². The minimum atomic E-state index is -0.487. The molecule has 2 unspecified atom stereocenters. The molecule has 1 aromatic heterocycles. The number of benzene rings is 2. The number of aromatic amines is 1. The number of aromatic nitrogens is 1. The van der Waals surface area contributed by atoms with Gasteiger partial charge in [0, 0.05) is 34.6 Å². The molecule has 5 nitrogen and oxygen atoms in total. The first-order valence-electron chi connectivity index (χ1n) is 10.5. The van der Waals surface area contributed by atoms with E-state index >= 15 is 0 Å². The number of rotatable bonds is 4. The minimum absolute atomic E-state index is 0.00927. The topological polar surface area (TPSA) is 56.4 Å². The molecule has 1 fully saturated rings. The van der Waals surface area contributed by atoms with Gasteiger partial charge in [-0.1, -0.05) is 55.3 Å². The Morgan fingerprint density at radius 3 is 2.77 bits per heavy atom. The quantitative estimate of drug-likeness (QED) is 0.682. The Kier molecular flexibility index (Phi) is 4.78. The lowest BCUT2D eigenvalue weighted by molar-refractivity contribution is -0.158. The van der Waals surface area contributed by atoms with Gasteiger partial charge in [-0.15, -0.1) is 0 Å². The summed E-state index contributed by atoms with van der Waals surface area (Å²) in [5, 5.41) is 1.73. The maximum Gasteiger partial charge on any atom is 0.246 e. The van der Waals surface area contributed by atoms with E-state index in [-0.39, 0.29) is 24.4 Å². The SMILES string of the molecule is CCCCN1CC(=O)N2C(Cc3c([nH]c4ccccc34)C2c2cccc(Cl)c2)C1=O. The van der Waals surface area contributed by atoms with Gasteiger partial charge in [0.05, 0.1) is 12.6 Å². The number of carbonyl (C=O) groups excluding carboxylic acids is 2. The maximum atomic E-state index is 13.4. The van der Waals surface area contributed by atoms with E-state index in [2.05, 4.69) is 18.0 Å². The molecule has 0 bridgehead atoms. The molecule has 6 heteroatoms. The summed E-state index contributed by atoms with van der Waals surface area (Å²) in [4.78, 5) is 33.8. The number of nitrogens with one attached hydrogen (secondary N) is 1. The Hall–Kier alpha value is -2.79. The molecular weight excluding hydrogens is 398 g/mol. The molecule has 3 heterocycles. The van der Waals surface area contributed by atoms with Crippen LogP contribution >= 0.6 is 11.6 Å². The second-order valence-corrected chi connectivity index (χ2v) is 8.59. The Bertz CT molecular complexity index is 1140. The van der Waals surface area contributed by atoms with Gasteiger partial charge in [-0.25, -0.2) is 0 Å². The first kappa shape index (κ1) is 19.2. The molecule has 2 aliphatic heterocycles. The van der Waals surface area contributed by atoms with Crippen molar-refractivity contribution < 1.29 is 9.59 Å². The van der Waals surface area contributed by atoms with Crippen LogP contribution in [0, 0.1) is 0 Å². The predicted octanol–water partition coefficient (Wildman–Crippen LogP) is 4.31. The lowest BCUT2D eigenvalue weighted by Gasteiger charge is -2.47. The number of hydrogen-bond donors (Lipinski definition) is 1. The summed E-state index contributed by atoms with van der Waals surface area (Å²) in [7, 11) is 0. The minimum Gasteiger partial charge on any atom is -0.356 e. The Balaban J connectivity index is 1.67. The van der Waals surface area contributed by atoms with Gasteiger partial charge >= 0.3 is 0 Å². The highest BCUT2D eigenvalue weighted by molar-refractivity contribution is 6.30. The third-order valence-corrected chi connectivity index (χ3v) is 6.52. The van der Waals surface area contributed by atoms with E-state index < -0.39 is 6.04 Å². The molecule has 0 saturated carbocycles. The third-order valence-electron chi connectivity index (χ3n) is 6.29. The first-order chi connectivity index (χ1) is 14.6. The van der Waals surface area contributed by atoms with Crippen LogP contribution < -0.4 is 0 Å². The summed E-state index contributed by atoms with van der Waals surface area (Å²) in [5.74, 6) is 0.0380. The number of carbonyl (C=O) groups is 2. The standard InChI is InChI=1S/C24H24ClN3O2/c1-2-3-11-27-14-21(29)28-20(24(27)30)13-18-17-9-4-5-10-19(17)26-22(18)23(28)15-7-6-8-16(25)12-15/h4-10,12,20,23,26H,2-3,11,13-14H2,1H3. The molecule has 30 heavy (non-hydrogen) atoms. The van der Waals surface area contributed by atoms with Crippen LogP contribution in [-0.4, -0.2) is 45.7 Å². The zero-order valence-corrected chi connectivity index (χ0v) is 17.7. The average molecular weight is 422 g/mol. The molecule has 0 spiro atoms. The van der Waals surface area contributed by atoms with Crippen LogP contribution in [0.5, 0.6) is 0 Å². The number of piperazine rings is 1. The number of amides is 2. The van der Waals surface area contributed by atoms with Crippen molar-refractivity contribution in [2.24, 2.45) is 0 Å². The number of para-hydroxylation sites is 1. The van der Waals surface area contributed by atoms with E-state index in [0.717, 1.165) is 40.6 Å². The van der Waals surface area contributed by atoms with Crippen LogP contribution in [0.15, 0.2) is 48.5 Å². The van der Waals surface area contributed by atoms with Crippen LogP contribution in [0.25, 0.3) is 10.9 Å². The van der Waals surface area contributed by atoms with Gasteiger partial charge in [-0.05, 0) is 35.7 Å². The van der Waals surface area contributed by atoms with Crippen molar-refractivity contribution in [3.05, 3.63) is 70.4 Å². The molecule has 1 N–H and O–H groups in total. The molecule has 154 valence electrons. The molecule has 0 aliphatic carbocycles. The predicted molar refractivity (Wildman–Crippen MR) is 117 cm³/mol. The van der Waals surface area contributed by atoms with E-state index in [1.54, 1.807) is 9.80 Å². The molecular formula is C24H24ClN3O2. The summed E-state index contributed by atoms with van der Waals surface area (Å²) in [6.45, 7) is 2.87. The number of H-pyrrole nitrogens is 1. The van der Waals surface area contributed by atoms with Crippen molar-refractivity contribution in [1.82, 2.24) is 14.8 Å². The zero-order chi connectivity index (χ0) is 20.8. The average Bonchev–Trinajstić information content (AvgIpc) is 3.12. The summed E-state index contributed by atoms with van der Waals surface area (Å²) in [5.41, 5.74) is 4.05. The van der Waals surface area contributed by atoms with E-state index in [1.807, 2.05) is 42.5 Å². The largest absolute Gasteiger partial charge is 0.356 e. The summed E-state index contributed by atoms with van der Waals surface area (Å²) >= 11 is 6.30. The summed E-state index contributed by atoms with van der Waals surface area (Å²) in [6.07, 6.45) is 2.43. The number of nitrogens with zero attached hydrogens (tertiary/aromatic N) is 2. The van der Waals surface area contributed by atoms with Crippen LogP contribution in [-0.2, 0) is 16.0 Å². The van der Waals surface area contributed by atoms with Crippen molar-refractivity contribution in [1.29, 1.82) is 0 Å². The molecule has 2 aromatic carbocycles. The van der Waals surface area contributed by atoms with E-state index in [0.29, 0.717) is 18.0 Å². The third kappa shape index (κ3) is 3.00. The summed E-state index contributed by atoms with van der Waals surface area (Å²) < 4.78 is 0. The number of halogens is 1. The smallest absolute Gasteiger partial charge is 0.246 e. The highest BCUT2D eigenvalue weighted by Gasteiger charge is 2.48. The lowest BCUT2D eigenvalue weighted by Crippen LogP contribution is -2.63. The van der Waals surface area contributed by atoms with Crippen LogP contribution in [0.4, 0.5) is 0 Å². The molecule has 1 saturated heterocycles. The Morgan fingerprint density at radius 2 is 1.97 bits per heavy atom. The lowest BCUT2D eigenvalue weighted by atomic mass is 9.86. The fraction of sp³-hybridized carbons (Fsp3) is 0.333. The fourth-order valence-electron chi connectivity index (χ4n) is 4.88. The summed E-state index contributed by atoms with van der Waals surface area (Å²) in [6, 6.07) is 14.9. The number of unbranched alkanes of at least 4 members (excludes halogenated alkanes) is 1. The van der Waals surface area contributed by atoms with E-state index in [1.165, 1.54) is 0 Å². The molecule has 2 amide bonds. The highest BCUT2D eigenvalue weighted by Crippen LogP contribution is 2.42. The van der Waals surface area contributed by atoms with Crippen LogP contribution in [0.1, 0.15) is 42.6 Å². The van der Waals surface area contributed by atoms with Crippen molar-refractivity contribution in [3.63, 3.8) is 0 Å². The van der Waals surface area contributed by atoms with Gasteiger partial charge in [0.15, 0.2) is 0 Å². The molecule has 3 aromatic rings. The fourth-order valence-corrected chi connectivity index (χ4v) is 5.08. The van der Waals surface area contributed by atoms with Gasteiger partial charge < -0.3 is 14.8 Å². The Morgan fingerprint density at radius 1 is 1.13 bits per heavy atom. The van der Waals surface area contributed by atoms with Gasteiger partial charge in [-0.3, -0.25) is 9.59 Å². The van der Waals surface area contributed by atoms with Gasteiger partial charge in [0.2, 0.25) is 11.8 Å². The van der Waals surface area contributed by atoms with Gasteiger partial charge in [-0.2, -0.15) is 0 Å². The maximum absolute atomic E-state index is 13.4. The monoisotopic (exact) mass is 421 g/mol. The molecule has 5 rings (SSSR count). The first-order valence-corrected chi connectivity index (χ1v) is 10.9. The molecule has 2 atom stereocenters. The second-order valence-electron chi connectivity index (χ2n) is 8.15. The normalized spacial score (nSPS) is 21.1. The zero-order valence-electron chi connectivity index (χ0n) is 16.9. The van der Waals surface area contributed by atoms with Crippen molar-refractivity contribution >= 4 is 34.3 Å².